The van der Waals surface area contributed by atoms with E-state index >= 15 is 0 Å². The van der Waals surface area contributed by atoms with Gasteiger partial charge in [0, 0.05) is 21.2 Å². The summed E-state index contributed by atoms with van der Waals surface area (Å²) in [4.78, 5) is 3.65. The van der Waals surface area contributed by atoms with Gasteiger partial charge in [0.1, 0.15) is 12.4 Å². The summed E-state index contributed by atoms with van der Waals surface area (Å²) >= 11 is 3.44. The van der Waals surface area contributed by atoms with Crippen LogP contribution in [0.4, 0.5) is 0 Å². The van der Waals surface area contributed by atoms with Crippen molar-refractivity contribution < 1.29 is 4.74 Å². The zero-order valence-corrected chi connectivity index (χ0v) is 11.3. The van der Waals surface area contributed by atoms with Crippen LogP contribution in [0.5, 0.6) is 5.75 Å². The zero-order valence-electron chi connectivity index (χ0n) is 9.68. The highest BCUT2D eigenvalue weighted by atomic mass is 32.2. The molecule has 0 fully saturated rings. The van der Waals surface area contributed by atoms with Crippen LogP contribution >= 0.6 is 23.1 Å². The number of hydrogen-bond acceptors (Lipinski definition) is 4. The molecule has 0 saturated carbocycles. The van der Waals surface area contributed by atoms with Crippen LogP contribution in [0, 0.1) is 0 Å². The van der Waals surface area contributed by atoms with E-state index in [-0.39, 0.29) is 0 Å². The van der Waals surface area contributed by atoms with Gasteiger partial charge >= 0.3 is 0 Å². The SMILES string of the molecule is CSc1ccc(OCc2ccc(CN)s2)cc1. The van der Waals surface area contributed by atoms with E-state index in [0.29, 0.717) is 13.2 Å². The third-order valence-electron chi connectivity index (χ3n) is 2.36. The van der Waals surface area contributed by atoms with E-state index in [1.807, 2.05) is 12.1 Å². The first-order chi connectivity index (χ1) is 8.31. The van der Waals surface area contributed by atoms with Crippen molar-refractivity contribution in [2.45, 2.75) is 18.0 Å². The van der Waals surface area contributed by atoms with E-state index in [4.69, 9.17) is 10.5 Å². The standard InChI is InChI=1S/C13H15NOS2/c1-16-11-4-2-10(3-5-11)15-9-13-7-6-12(8-14)17-13/h2-7H,8-9,14H2,1H3. The van der Waals surface area contributed by atoms with Gasteiger partial charge in [0.05, 0.1) is 0 Å². The second-order valence-corrected chi connectivity index (χ2v) is 5.67. The van der Waals surface area contributed by atoms with Gasteiger partial charge in [0.2, 0.25) is 0 Å². The Hall–Kier alpha value is -0.970. The van der Waals surface area contributed by atoms with E-state index in [9.17, 15) is 0 Å². The molecule has 0 saturated heterocycles. The number of ether oxygens (including phenoxy) is 1. The van der Waals surface area contributed by atoms with Gasteiger partial charge in [-0.3, -0.25) is 0 Å². The normalized spacial score (nSPS) is 10.5. The minimum absolute atomic E-state index is 0.604. The molecule has 0 atom stereocenters. The summed E-state index contributed by atoms with van der Waals surface area (Å²) in [5.74, 6) is 0.908. The third-order valence-corrected chi connectivity index (χ3v) is 4.18. The molecule has 0 amide bonds. The van der Waals surface area contributed by atoms with E-state index in [2.05, 4.69) is 30.5 Å². The summed E-state index contributed by atoms with van der Waals surface area (Å²) in [7, 11) is 0. The van der Waals surface area contributed by atoms with Crippen LogP contribution in [0.2, 0.25) is 0 Å². The van der Waals surface area contributed by atoms with Gasteiger partial charge in [-0.2, -0.15) is 0 Å². The molecular weight excluding hydrogens is 250 g/mol. The minimum Gasteiger partial charge on any atom is -0.488 e. The van der Waals surface area contributed by atoms with Crippen LogP contribution in [0.3, 0.4) is 0 Å². The van der Waals surface area contributed by atoms with Crippen LogP contribution in [0.25, 0.3) is 0 Å². The molecule has 1 aromatic heterocycles. The van der Waals surface area contributed by atoms with Gasteiger partial charge in [-0.15, -0.1) is 23.1 Å². The van der Waals surface area contributed by atoms with Gasteiger partial charge < -0.3 is 10.5 Å². The molecule has 90 valence electrons. The molecule has 1 aromatic carbocycles. The average Bonchev–Trinajstić information content (AvgIpc) is 2.85. The lowest BCUT2D eigenvalue weighted by Gasteiger charge is -2.04. The Morgan fingerprint density at radius 3 is 2.41 bits per heavy atom. The summed E-state index contributed by atoms with van der Waals surface area (Å²) < 4.78 is 5.71. The molecule has 0 unspecified atom stereocenters. The molecule has 0 bridgehead atoms. The Morgan fingerprint density at radius 2 is 1.82 bits per heavy atom. The van der Waals surface area contributed by atoms with Gasteiger partial charge in [-0.05, 0) is 42.7 Å². The van der Waals surface area contributed by atoms with Crippen molar-refractivity contribution in [2.75, 3.05) is 6.26 Å². The van der Waals surface area contributed by atoms with Crippen molar-refractivity contribution in [3.63, 3.8) is 0 Å². The molecule has 0 spiro atoms. The highest BCUT2D eigenvalue weighted by Gasteiger charge is 2.00. The Morgan fingerprint density at radius 1 is 1.12 bits per heavy atom. The highest BCUT2D eigenvalue weighted by Crippen LogP contribution is 2.21. The van der Waals surface area contributed by atoms with E-state index in [0.717, 1.165) is 5.75 Å². The smallest absolute Gasteiger partial charge is 0.122 e. The maximum Gasteiger partial charge on any atom is 0.122 e. The molecule has 0 aliphatic carbocycles. The number of thioether (sulfide) groups is 1. The highest BCUT2D eigenvalue weighted by molar-refractivity contribution is 7.98. The molecule has 2 nitrogen and oxygen atoms in total. The molecule has 1 heterocycles. The summed E-state index contributed by atoms with van der Waals surface area (Å²) in [5, 5.41) is 0. The quantitative estimate of drug-likeness (QED) is 0.840. The Balaban J connectivity index is 1.92. The average molecular weight is 265 g/mol. The second kappa shape index (κ2) is 6.10. The molecule has 2 N–H and O–H groups in total. The lowest BCUT2D eigenvalue weighted by atomic mass is 10.3. The fourth-order valence-electron chi connectivity index (χ4n) is 1.44. The first-order valence-corrected chi connectivity index (χ1v) is 7.40. The van der Waals surface area contributed by atoms with Crippen LogP contribution < -0.4 is 10.5 Å². The number of rotatable bonds is 5. The summed E-state index contributed by atoms with van der Waals surface area (Å²) in [5.41, 5.74) is 5.57. The Labute approximate surface area is 110 Å². The van der Waals surface area contributed by atoms with Gasteiger partial charge in [-0.25, -0.2) is 0 Å². The predicted molar refractivity (Wildman–Crippen MR) is 74.8 cm³/mol. The maximum atomic E-state index is 5.71. The first-order valence-electron chi connectivity index (χ1n) is 5.36. The van der Waals surface area contributed by atoms with Crippen LogP contribution in [0.1, 0.15) is 9.75 Å². The Bertz CT molecular complexity index is 465. The van der Waals surface area contributed by atoms with Crippen molar-refractivity contribution in [2.24, 2.45) is 5.73 Å². The monoisotopic (exact) mass is 265 g/mol. The van der Waals surface area contributed by atoms with Gasteiger partial charge in [0.15, 0.2) is 0 Å². The van der Waals surface area contributed by atoms with Gasteiger partial charge in [-0.1, -0.05) is 0 Å². The van der Waals surface area contributed by atoms with Crippen molar-refractivity contribution >= 4 is 23.1 Å². The van der Waals surface area contributed by atoms with Crippen LogP contribution in [-0.4, -0.2) is 6.26 Å². The Kier molecular flexibility index (Phi) is 4.48. The fourth-order valence-corrected chi connectivity index (χ4v) is 2.65. The largest absolute Gasteiger partial charge is 0.488 e. The van der Waals surface area contributed by atoms with E-state index in [1.54, 1.807) is 23.1 Å². The molecule has 0 aliphatic heterocycles. The molecule has 2 rings (SSSR count). The van der Waals surface area contributed by atoms with Gasteiger partial charge in [0.25, 0.3) is 0 Å². The molecule has 2 aromatic rings. The van der Waals surface area contributed by atoms with Crippen LogP contribution in [0.15, 0.2) is 41.3 Å². The number of thiophene rings is 1. The summed E-state index contributed by atoms with van der Waals surface area (Å²) in [6.07, 6.45) is 2.07. The molecule has 17 heavy (non-hydrogen) atoms. The van der Waals surface area contributed by atoms with Crippen molar-refractivity contribution in [1.82, 2.24) is 0 Å². The lowest BCUT2D eigenvalue weighted by molar-refractivity contribution is 0.309. The summed E-state index contributed by atoms with van der Waals surface area (Å²) in [6.45, 7) is 1.22. The number of nitrogens with two attached hydrogens (primary N) is 1. The first kappa shape index (κ1) is 12.5. The maximum absolute atomic E-state index is 5.71. The number of hydrogen-bond donors (Lipinski definition) is 1. The molecule has 0 radical (unpaired) electrons. The lowest BCUT2D eigenvalue weighted by Crippen LogP contribution is -1.93. The number of benzene rings is 1. The molecule has 0 aliphatic rings. The van der Waals surface area contributed by atoms with E-state index < -0.39 is 0 Å². The zero-order chi connectivity index (χ0) is 12.1. The van der Waals surface area contributed by atoms with Crippen molar-refractivity contribution in [3.8, 4) is 5.75 Å². The summed E-state index contributed by atoms with van der Waals surface area (Å²) in [6, 6.07) is 12.3. The molecule has 4 heteroatoms. The van der Waals surface area contributed by atoms with Crippen LogP contribution in [-0.2, 0) is 13.2 Å². The minimum atomic E-state index is 0.604. The van der Waals surface area contributed by atoms with Crippen molar-refractivity contribution in [1.29, 1.82) is 0 Å². The molecular formula is C13H15NOS2. The fraction of sp³-hybridized carbons (Fsp3) is 0.231. The predicted octanol–water partition coefficient (Wildman–Crippen LogP) is 3.51. The second-order valence-electron chi connectivity index (χ2n) is 3.54. The van der Waals surface area contributed by atoms with Crippen molar-refractivity contribution in [3.05, 3.63) is 46.2 Å². The topological polar surface area (TPSA) is 35.2 Å². The third kappa shape index (κ3) is 3.49. The van der Waals surface area contributed by atoms with E-state index in [1.165, 1.54) is 14.6 Å².